The molecule has 0 radical (unpaired) electrons. The molecule has 0 aliphatic rings. The molecule has 3 rings (SSSR count). The molecule has 6 heteroatoms. The van der Waals surface area contributed by atoms with Gasteiger partial charge in [-0.05, 0) is 29.7 Å². The van der Waals surface area contributed by atoms with E-state index in [1.54, 1.807) is 12.1 Å². The summed E-state index contributed by atoms with van der Waals surface area (Å²) in [5, 5.41) is 0.759. The van der Waals surface area contributed by atoms with Crippen molar-refractivity contribution in [1.29, 1.82) is 0 Å². The van der Waals surface area contributed by atoms with E-state index in [9.17, 15) is 17.6 Å². The molecule has 0 fully saturated rings. The third-order valence-electron chi connectivity index (χ3n) is 3.18. The van der Waals surface area contributed by atoms with Crippen LogP contribution in [0.5, 0.6) is 0 Å². The molecular weight excluding hydrogens is 302 g/mol. The molecule has 2 aromatic carbocycles. The third-order valence-corrected chi connectivity index (χ3v) is 4.36. The molecule has 3 aromatic rings. The van der Waals surface area contributed by atoms with Gasteiger partial charge in [0.2, 0.25) is 0 Å². The number of hydrogen-bond acceptors (Lipinski definition) is 2. The molecule has 0 bridgehead atoms. The van der Waals surface area contributed by atoms with Gasteiger partial charge in [-0.1, -0.05) is 6.07 Å². The average molecular weight is 311 g/mol. The topological polar surface area (TPSA) is 26.0 Å². The molecule has 2 N–H and O–H groups in total. The van der Waals surface area contributed by atoms with Crippen molar-refractivity contribution < 1.29 is 17.6 Å². The zero-order chi connectivity index (χ0) is 15.1. The molecule has 1 unspecified atom stereocenters. The number of thiophene rings is 1. The first-order valence-electron chi connectivity index (χ1n) is 6.04. The highest BCUT2D eigenvalue weighted by atomic mass is 32.1. The average Bonchev–Trinajstić information content (AvgIpc) is 2.85. The Morgan fingerprint density at radius 1 is 0.857 bits per heavy atom. The molecule has 1 nitrogen and oxygen atoms in total. The van der Waals surface area contributed by atoms with Crippen molar-refractivity contribution in [3.05, 3.63) is 70.1 Å². The van der Waals surface area contributed by atoms with E-state index >= 15 is 0 Å². The first kappa shape index (κ1) is 14.0. The maximum atomic E-state index is 13.7. The molecule has 0 spiro atoms. The predicted molar refractivity (Wildman–Crippen MR) is 74.1 cm³/mol. The number of fused-ring (bicyclic) bond motifs is 1. The maximum absolute atomic E-state index is 13.7. The van der Waals surface area contributed by atoms with Gasteiger partial charge >= 0.3 is 0 Å². The Morgan fingerprint density at radius 2 is 1.57 bits per heavy atom. The molecule has 1 atom stereocenters. The van der Waals surface area contributed by atoms with Crippen LogP contribution in [0.25, 0.3) is 10.1 Å². The summed E-state index contributed by atoms with van der Waals surface area (Å²) in [6.07, 6.45) is 0. The smallest absolute Gasteiger partial charge is 0.161 e. The molecule has 0 saturated heterocycles. The standard InChI is InChI=1S/C15H9F4NS/c16-8-2-1-7-3-14(21-13(7)4-8)15(20)9-5-11(18)12(19)6-10(9)17/h1-6,15H,20H2. The largest absolute Gasteiger partial charge is 0.320 e. The molecule has 21 heavy (non-hydrogen) atoms. The monoisotopic (exact) mass is 311 g/mol. The van der Waals surface area contributed by atoms with Crippen molar-refractivity contribution in [2.75, 3.05) is 0 Å². The highest BCUT2D eigenvalue weighted by Gasteiger charge is 2.19. The molecule has 108 valence electrons. The zero-order valence-electron chi connectivity index (χ0n) is 10.5. The Morgan fingerprint density at radius 3 is 2.33 bits per heavy atom. The van der Waals surface area contributed by atoms with Gasteiger partial charge in [-0.25, -0.2) is 17.6 Å². The third kappa shape index (κ3) is 2.52. The molecule has 1 aromatic heterocycles. The molecule has 0 saturated carbocycles. The van der Waals surface area contributed by atoms with Crippen LogP contribution in [-0.2, 0) is 0 Å². The first-order chi connectivity index (χ1) is 9.95. The molecule has 1 heterocycles. The fourth-order valence-electron chi connectivity index (χ4n) is 2.11. The van der Waals surface area contributed by atoms with Crippen molar-refractivity contribution in [2.24, 2.45) is 5.73 Å². The Labute approximate surface area is 121 Å². The van der Waals surface area contributed by atoms with Crippen LogP contribution in [0.4, 0.5) is 17.6 Å². The number of halogens is 4. The minimum Gasteiger partial charge on any atom is -0.320 e. The second kappa shape index (κ2) is 5.13. The minimum atomic E-state index is -1.26. The predicted octanol–water partition coefficient (Wildman–Crippen LogP) is 4.51. The van der Waals surface area contributed by atoms with Gasteiger partial charge in [-0.15, -0.1) is 11.3 Å². The fraction of sp³-hybridized carbons (Fsp3) is 0.0667. The summed E-state index contributed by atoms with van der Waals surface area (Å²) in [5.41, 5.74) is 5.79. The van der Waals surface area contributed by atoms with Crippen LogP contribution in [0.3, 0.4) is 0 Å². The van der Waals surface area contributed by atoms with E-state index < -0.39 is 23.5 Å². The molecule has 0 aliphatic carbocycles. The minimum absolute atomic E-state index is 0.138. The van der Waals surface area contributed by atoms with E-state index in [1.807, 2.05) is 0 Å². The van der Waals surface area contributed by atoms with Gasteiger partial charge in [0, 0.05) is 21.2 Å². The van der Waals surface area contributed by atoms with Crippen LogP contribution in [0.1, 0.15) is 16.5 Å². The number of rotatable bonds is 2. The summed E-state index contributed by atoms with van der Waals surface area (Å²) in [5.74, 6) is -3.72. The van der Waals surface area contributed by atoms with Crippen LogP contribution in [0.2, 0.25) is 0 Å². The lowest BCUT2D eigenvalue weighted by molar-refractivity contribution is 0.488. The lowest BCUT2D eigenvalue weighted by Crippen LogP contribution is -2.13. The van der Waals surface area contributed by atoms with Crippen molar-refractivity contribution in [2.45, 2.75) is 6.04 Å². The van der Waals surface area contributed by atoms with Gasteiger partial charge in [-0.3, -0.25) is 0 Å². The number of nitrogens with two attached hydrogens (primary N) is 1. The van der Waals surface area contributed by atoms with Crippen LogP contribution in [0, 0.1) is 23.3 Å². The molecule has 0 aliphatic heterocycles. The Balaban J connectivity index is 2.07. The summed E-state index contributed by atoms with van der Waals surface area (Å²) >= 11 is 1.19. The number of hydrogen-bond donors (Lipinski definition) is 1. The Kier molecular flexibility index (Phi) is 3.43. The van der Waals surface area contributed by atoms with Crippen molar-refractivity contribution in [3.63, 3.8) is 0 Å². The van der Waals surface area contributed by atoms with Gasteiger partial charge in [0.25, 0.3) is 0 Å². The van der Waals surface area contributed by atoms with Gasteiger partial charge in [0.1, 0.15) is 11.6 Å². The Bertz CT molecular complexity index is 828. The summed E-state index contributed by atoms with van der Waals surface area (Å²) < 4.78 is 53.7. The van der Waals surface area contributed by atoms with E-state index in [4.69, 9.17) is 5.73 Å². The van der Waals surface area contributed by atoms with E-state index in [1.165, 1.54) is 23.5 Å². The highest BCUT2D eigenvalue weighted by Crippen LogP contribution is 2.33. The summed E-state index contributed by atoms with van der Waals surface area (Å²) in [4.78, 5) is 0.542. The zero-order valence-corrected chi connectivity index (χ0v) is 11.4. The van der Waals surface area contributed by atoms with Crippen molar-refractivity contribution in [1.82, 2.24) is 0 Å². The van der Waals surface area contributed by atoms with Crippen LogP contribution < -0.4 is 5.73 Å². The van der Waals surface area contributed by atoms with Crippen molar-refractivity contribution >= 4 is 21.4 Å². The van der Waals surface area contributed by atoms with Crippen LogP contribution in [-0.4, -0.2) is 0 Å². The van der Waals surface area contributed by atoms with E-state index in [-0.39, 0.29) is 11.4 Å². The SMILES string of the molecule is NC(c1cc2ccc(F)cc2s1)c1cc(F)c(F)cc1F. The summed E-state index contributed by atoms with van der Waals surface area (Å²) in [6.45, 7) is 0. The summed E-state index contributed by atoms with van der Waals surface area (Å²) in [6, 6.07) is 6.20. The van der Waals surface area contributed by atoms with Crippen molar-refractivity contribution in [3.8, 4) is 0 Å². The fourth-order valence-corrected chi connectivity index (χ4v) is 3.22. The lowest BCUT2D eigenvalue weighted by Gasteiger charge is -2.11. The van der Waals surface area contributed by atoms with Crippen LogP contribution in [0.15, 0.2) is 36.4 Å². The van der Waals surface area contributed by atoms with E-state index in [2.05, 4.69) is 0 Å². The molecular formula is C15H9F4NS. The second-order valence-electron chi connectivity index (χ2n) is 4.60. The van der Waals surface area contributed by atoms with E-state index in [0.717, 1.165) is 11.5 Å². The highest BCUT2D eigenvalue weighted by molar-refractivity contribution is 7.19. The lowest BCUT2D eigenvalue weighted by atomic mass is 10.0. The second-order valence-corrected chi connectivity index (χ2v) is 5.71. The van der Waals surface area contributed by atoms with Gasteiger partial charge in [-0.2, -0.15) is 0 Å². The quantitative estimate of drug-likeness (QED) is 0.547. The Hall–Kier alpha value is -1.92. The van der Waals surface area contributed by atoms with E-state index in [0.29, 0.717) is 15.6 Å². The molecule has 0 amide bonds. The van der Waals surface area contributed by atoms with Gasteiger partial charge in [0.15, 0.2) is 11.6 Å². The van der Waals surface area contributed by atoms with Crippen LogP contribution >= 0.6 is 11.3 Å². The first-order valence-corrected chi connectivity index (χ1v) is 6.86. The maximum Gasteiger partial charge on any atom is 0.161 e. The normalized spacial score (nSPS) is 12.8. The summed E-state index contributed by atoms with van der Waals surface area (Å²) in [7, 11) is 0. The van der Waals surface area contributed by atoms with Gasteiger partial charge in [0.05, 0.1) is 6.04 Å². The van der Waals surface area contributed by atoms with Gasteiger partial charge < -0.3 is 5.73 Å². The number of benzene rings is 2.